The van der Waals surface area contributed by atoms with Gasteiger partial charge in [0, 0.05) is 30.0 Å². The molecule has 5 heteroatoms. The third kappa shape index (κ3) is 4.91. The van der Waals surface area contributed by atoms with Gasteiger partial charge in [-0.25, -0.2) is 0 Å². The van der Waals surface area contributed by atoms with Crippen molar-refractivity contribution in [3.8, 4) is 11.5 Å². The van der Waals surface area contributed by atoms with Crippen molar-refractivity contribution in [3.05, 3.63) is 48.0 Å². The molecule has 2 aromatic rings. The molecule has 1 N–H and O–H groups in total. The van der Waals surface area contributed by atoms with E-state index >= 15 is 0 Å². The van der Waals surface area contributed by atoms with Crippen LogP contribution in [0.25, 0.3) is 0 Å². The maximum absolute atomic E-state index is 12.5. The Bertz CT molecular complexity index is 708. The summed E-state index contributed by atoms with van der Waals surface area (Å²) in [5, 5.41) is 2.92. The molecule has 26 heavy (non-hydrogen) atoms. The number of hydrogen-bond acceptors (Lipinski definition) is 4. The van der Waals surface area contributed by atoms with E-state index in [1.165, 1.54) is 5.69 Å². The lowest BCUT2D eigenvalue weighted by Crippen LogP contribution is -2.24. The second-order valence-corrected chi connectivity index (χ2v) is 6.06. The standard InChI is InChI=1S/C21H28N2O3/c1-5-13-23(14-6-2)18-10-8-17(9-11-18)22-21(24)16-7-12-19(25-3)20(15-16)26-4/h7-12,15H,5-6,13-14H2,1-4H3,(H,22,24). The van der Waals surface area contributed by atoms with Crippen molar-refractivity contribution in [2.45, 2.75) is 26.7 Å². The Morgan fingerprint density at radius 1 is 0.923 bits per heavy atom. The van der Waals surface area contributed by atoms with Crippen LogP contribution in [0.15, 0.2) is 42.5 Å². The van der Waals surface area contributed by atoms with Gasteiger partial charge in [-0.1, -0.05) is 13.8 Å². The van der Waals surface area contributed by atoms with Crippen molar-refractivity contribution in [1.29, 1.82) is 0 Å². The topological polar surface area (TPSA) is 50.8 Å². The maximum Gasteiger partial charge on any atom is 0.255 e. The van der Waals surface area contributed by atoms with Gasteiger partial charge in [0.25, 0.3) is 5.91 Å². The Hall–Kier alpha value is -2.69. The molecule has 0 bridgehead atoms. The highest BCUT2D eigenvalue weighted by molar-refractivity contribution is 6.04. The zero-order chi connectivity index (χ0) is 18.9. The number of ether oxygens (including phenoxy) is 2. The van der Waals surface area contributed by atoms with E-state index in [9.17, 15) is 4.79 Å². The highest BCUT2D eigenvalue weighted by Gasteiger charge is 2.11. The number of benzene rings is 2. The zero-order valence-electron chi connectivity index (χ0n) is 16.0. The van der Waals surface area contributed by atoms with Gasteiger partial charge in [0.15, 0.2) is 11.5 Å². The average molecular weight is 356 g/mol. The van der Waals surface area contributed by atoms with Gasteiger partial charge in [0.05, 0.1) is 14.2 Å². The van der Waals surface area contributed by atoms with Gasteiger partial charge in [-0.15, -0.1) is 0 Å². The first-order valence-corrected chi connectivity index (χ1v) is 9.01. The molecule has 2 aromatic carbocycles. The first-order valence-electron chi connectivity index (χ1n) is 9.01. The summed E-state index contributed by atoms with van der Waals surface area (Å²) < 4.78 is 10.5. The number of carbonyl (C=O) groups is 1. The molecule has 5 nitrogen and oxygen atoms in total. The van der Waals surface area contributed by atoms with Crippen molar-refractivity contribution < 1.29 is 14.3 Å². The second kappa shape index (κ2) is 9.70. The molecule has 0 fully saturated rings. The van der Waals surface area contributed by atoms with Crippen LogP contribution in [0.1, 0.15) is 37.0 Å². The molecule has 140 valence electrons. The number of hydrogen-bond donors (Lipinski definition) is 1. The molecule has 0 radical (unpaired) electrons. The van der Waals surface area contributed by atoms with E-state index in [0.717, 1.165) is 31.6 Å². The molecule has 0 aliphatic rings. The molecular weight excluding hydrogens is 328 g/mol. The van der Waals surface area contributed by atoms with Crippen LogP contribution in [0.4, 0.5) is 11.4 Å². The summed E-state index contributed by atoms with van der Waals surface area (Å²) in [7, 11) is 3.12. The minimum absolute atomic E-state index is 0.183. The number of methoxy groups -OCH3 is 2. The van der Waals surface area contributed by atoms with Gasteiger partial charge in [-0.05, 0) is 55.3 Å². The van der Waals surface area contributed by atoms with Crippen LogP contribution in [-0.4, -0.2) is 33.2 Å². The van der Waals surface area contributed by atoms with Crippen molar-refractivity contribution in [3.63, 3.8) is 0 Å². The molecule has 0 saturated heterocycles. The lowest BCUT2D eigenvalue weighted by Gasteiger charge is -2.24. The van der Waals surface area contributed by atoms with E-state index in [4.69, 9.17) is 9.47 Å². The highest BCUT2D eigenvalue weighted by Crippen LogP contribution is 2.28. The fraction of sp³-hybridized carbons (Fsp3) is 0.381. The van der Waals surface area contributed by atoms with Crippen molar-refractivity contribution >= 4 is 17.3 Å². The summed E-state index contributed by atoms with van der Waals surface area (Å²) in [6.07, 6.45) is 2.22. The summed E-state index contributed by atoms with van der Waals surface area (Å²) >= 11 is 0. The third-order valence-corrected chi connectivity index (χ3v) is 4.12. The van der Waals surface area contributed by atoms with E-state index in [1.807, 2.05) is 12.1 Å². The number of nitrogens with one attached hydrogen (secondary N) is 1. The first kappa shape index (κ1) is 19.6. The molecule has 0 saturated carbocycles. The number of carbonyl (C=O) groups excluding carboxylic acids is 1. The molecule has 0 spiro atoms. The van der Waals surface area contributed by atoms with E-state index in [0.29, 0.717) is 17.1 Å². The molecule has 1 amide bonds. The second-order valence-electron chi connectivity index (χ2n) is 6.06. The third-order valence-electron chi connectivity index (χ3n) is 4.12. The quantitative estimate of drug-likeness (QED) is 0.714. The van der Waals surface area contributed by atoms with Gasteiger partial charge in [-0.3, -0.25) is 4.79 Å². The van der Waals surface area contributed by atoms with E-state index in [-0.39, 0.29) is 5.91 Å². The van der Waals surface area contributed by atoms with E-state index in [2.05, 4.69) is 36.2 Å². The first-order chi connectivity index (χ1) is 12.6. The molecule has 2 rings (SSSR count). The Balaban J connectivity index is 2.09. The molecule has 0 aliphatic carbocycles. The summed E-state index contributed by atoms with van der Waals surface area (Å²) in [4.78, 5) is 14.8. The normalized spacial score (nSPS) is 10.3. The number of anilines is 2. The fourth-order valence-corrected chi connectivity index (χ4v) is 2.85. The number of rotatable bonds is 9. The van der Waals surface area contributed by atoms with Crippen LogP contribution < -0.4 is 19.7 Å². The predicted octanol–water partition coefficient (Wildman–Crippen LogP) is 4.58. The van der Waals surface area contributed by atoms with Crippen molar-refractivity contribution in [2.75, 3.05) is 37.5 Å². The Morgan fingerprint density at radius 3 is 2.08 bits per heavy atom. The molecule has 0 aliphatic heterocycles. The molecule has 0 aromatic heterocycles. The Kier molecular flexibility index (Phi) is 7.33. The predicted molar refractivity (Wildman–Crippen MR) is 107 cm³/mol. The largest absolute Gasteiger partial charge is 0.493 e. The summed E-state index contributed by atoms with van der Waals surface area (Å²) in [6.45, 7) is 6.43. The van der Waals surface area contributed by atoms with Crippen molar-refractivity contribution in [1.82, 2.24) is 0 Å². The molecule has 0 unspecified atom stereocenters. The number of nitrogens with zero attached hydrogens (tertiary/aromatic N) is 1. The monoisotopic (exact) mass is 356 g/mol. The van der Waals surface area contributed by atoms with Crippen LogP contribution in [-0.2, 0) is 0 Å². The van der Waals surface area contributed by atoms with Crippen molar-refractivity contribution in [2.24, 2.45) is 0 Å². The minimum Gasteiger partial charge on any atom is -0.493 e. The minimum atomic E-state index is -0.183. The van der Waals surface area contributed by atoms with Gasteiger partial charge in [-0.2, -0.15) is 0 Å². The Labute approximate surface area is 155 Å². The lowest BCUT2D eigenvalue weighted by molar-refractivity contribution is 0.102. The number of amides is 1. The smallest absolute Gasteiger partial charge is 0.255 e. The van der Waals surface area contributed by atoms with Crippen LogP contribution in [0.2, 0.25) is 0 Å². The fourth-order valence-electron chi connectivity index (χ4n) is 2.85. The molecule has 0 heterocycles. The van der Waals surface area contributed by atoms with E-state index in [1.54, 1.807) is 32.4 Å². The highest BCUT2D eigenvalue weighted by atomic mass is 16.5. The van der Waals surface area contributed by atoms with Gasteiger partial charge in [0.2, 0.25) is 0 Å². The summed E-state index contributed by atoms with van der Waals surface area (Å²) in [5.74, 6) is 0.947. The van der Waals surface area contributed by atoms with Gasteiger partial charge < -0.3 is 19.7 Å². The van der Waals surface area contributed by atoms with Crippen LogP contribution in [0.5, 0.6) is 11.5 Å². The summed E-state index contributed by atoms with van der Waals surface area (Å²) in [5.41, 5.74) is 2.46. The Morgan fingerprint density at radius 2 is 1.54 bits per heavy atom. The molecule has 0 atom stereocenters. The van der Waals surface area contributed by atoms with Crippen LogP contribution >= 0.6 is 0 Å². The van der Waals surface area contributed by atoms with E-state index < -0.39 is 0 Å². The van der Waals surface area contributed by atoms with Crippen LogP contribution in [0.3, 0.4) is 0 Å². The van der Waals surface area contributed by atoms with Crippen LogP contribution in [0, 0.1) is 0 Å². The SMILES string of the molecule is CCCN(CCC)c1ccc(NC(=O)c2ccc(OC)c(OC)c2)cc1. The zero-order valence-corrected chi connectivity index (χ0v) is 16.0. The lowest BCUT2D eigenvalue weighted by atomic mass is 10.1. The summed E-state index contributed by atoms with van der Waals surface area (Å²) in [6, 6.07) is 13.1. The van der Waals surface area contributed by atoms with Gasteiger partial charge >= 0.3 is 0 Å². The maximum atomic E-state index is 12.5. The van der Waals surface area contributed by atoms with Gasteiger partial charge in [0.1, 0.15) is 0 Å². The average Bonchev–Trinajstić information content (AvgIpc) is 2.67. The molecular formula is C21H28N2O3.